The lowest BCUT2D eigenvalue weighted by Gasteiger charge is -2.19. The highest BCUT2D eigenvalue weighted by Gasteiger charge is 2.18. The number of nitrogens with one attached hydrogen (secondary N) is 1. The summed E-state index contributed by atoms with van der Waals surface area (Å²) in [6, 6.07) is 12.9. The Morgan fingerprint density at radius 1 is 0.943 bits per heavy atom. The number of thiazole rings is 1. The second-order valence-corrected chi connectivity index (χ2v) is 10.3. The number of hydrogen-bond acceptors (Lipinski definition) is 5. The molecule has 3 rings (SSSR count). The second kappa shape index (κ2) is 13.6. The Balaban J connectivity index is 1.76. The van der Waals surface area contributed by atoms with Gasteiger partial charge in [-0.2, -0.15) is 0 Å². The van der Waals surface area contributed by atoms with Crippen molar-refractivity contribution >= 4 is 11.3 Å². The molecule has 0 aliphatic rings. The minimum Gasteiger partial charge on any atom is -0.493 e. The van der Waals surface area contributed by atoms with Gasteiger partial charge in [-0.1, -0.05) is 53.7 Å². The number of aryl methyl sites for hydroxylation is 2. The number of nitrogens with zero attached hydrogens (tertiary/aromatic N) is 1. The van der Waals surface area contributed by atoms with Crippen molar-refractivity contribution in [3.8, 4) is 22.1 Å². The molecule has 0 aliphatic carbocycles. The molecule has 0 amide bonds. The van der Waals surface area contributed by atoms with Gasteiger partial charge in [-0.15, -0.1) is 11.3 Å². The molecule has 2 aromatic carbocycles. The SMILES string of the molecule is CCCOc1c(CC)cc(-c2nc(CCOc3ccc(CNCC)cc3)c(CC)s2)cc1C(C)C. The van der Waals surface area contributed by atoms with Gasteiger partial charge in [-0.3, -0.25) is 0 Å². The monoisotopic (exact) mass is 494 g/mol. The van der Waals surface area contributed by atoms with Crippen molar-refractivity contribution in [1.82, 2.24) is 10.3 Å². The third kappa shape index (κ3) is 7.31. The highest BCUT2D eigenvalue weighted by atomic mass is 32.1. The summed E-state index contributed by atoms with van der Waals surface area (Å²) in [7, 11) is 0. The molecule has 0 fully saturated rings. The fraction of sp³-hybridized carbons (Fsp3) is 0.500. The van der Waals surface area contributed by atoms with Crippen molar-refractivity contribution in [3.63, 3.8) is 0 Å². The lowest BCUT2D eigenvalue weighted by Crippen LogP contribution is -2.11. The molecule has 3 aromatic rings. The van der Waals surface area contributed by atoms with Crippen molar-refractivity contribution in [1.29, 1.82) is 0 Å². The van der Waals surface area contributed by atoms with E-state index in [2.05, 4.69) is 83.3 Å². The third-order valence-corrected chi connectivity index (χ3v) is 7.40. The van der Waals surface area contributed by atoms with Crippen LogP contribution in [0.4, 0.5) is 0 Å². The Hall–Kier alpha value is -2.37. The molecule has 0 atom stereocenters. The number of ether oxygens (including phenoxy) is 2. The molecule has 0 spiro atoms. The summed E-state index contributed by atoms with van der Waals surface area (Å²) in [5.41, 5.74) is 6.19. The van der Waals surface area contributed by atoms with Gasteiger partial charge in [0, 0.05) is 23.4 Å². The third-order valence-electron chi connectivity index (χ3n) is 6.10. The van der Waals surface area contributed by atoms with E-state index in [4.69, 9.17) is 14.5 Å². The number of rotatable bonds is 14. The Morgan fingerprint density at radius 3 is 2.34 bits per heavy atom. The molecule has 0 bridgehead atoms. The lowest BCUT2D eigenvalue weighted by atomic mass is 9.95. The van der Waals surface area contributed by atoms with Gasteiger partial charge in [0.25, 0.3) is 0 Å². The van der Waals surface area contributed by atoms with Gasteiger partial charge in [0.2, 0.25) is 0 Å². The fourth-order valence-electron chi connectivity index (χ4n) is 4.13. The average Bonchev–Trinajstić information content (AvgIpc) is 3.29. The van der Waals surface area contributed by atoms with Crippen LogP contribution < -0.4 is 14.8 Å². The minimum absolute atomic E-state index is 0.398. The molecule has 1 N–H and O–H groups in total. The second-order valence-electron chi connectivity index (χ2n) is 9.18. The Morgan fingerprint density at radius 2 is 1.71 bits per heavy atom. The van der Waals surface area contributed by atoms with Gasteiger partial charge < -0.3 is 14.8 Å². The predicted molar refractivity (Wildman–Crippen MR) is 149 cm³/mol. The maximum absolute atomic E-state index is 6.20. The molecule has 0 unspecified atom stereocenters. The van der Waals surface area contributed by atoms with E-state index in [9.17, 15) is 0 Å². The zero-order valence-corrected chi connectivity index (χ0v) is 23.2. The van der Waals surface area contributed by atoms with E-state index in [1.54, 1.807) is 0 Å². The van der Waals surface area contributed by atoms with E-state index in [-0.39, 0.29) is 0 Å². The summed E-state index contributed by atoms with van der Waals surface area (Å²) in [6.07, 6.45) is 3.77. The van der Waals surface area contributed by atoms with Gasteiger partial charge in [-0.25, -0.2) is 4.98 Å². The molecule has 5 heteroatoms. The zero-order chi connectivity index (χ0) is 25.2. The first-order valence-corrected chi connectivity index (χ1v) is 14.0. The highest BCUT2D eigenvalue weighted by molar-refractivity contribution is 7.15. The average molecular weight is 495 g/mol. The fourth-order valence-corrected chi connectivity index (χ4v) is 5.16. The molecule has 4 nitrogen and oxygen atoms in total. The Bertz CT molecular complexity index is 1060. The summed E-state index contributed by atoms with van der Waals surface area (Å²) < 4.78 is 12.2. The zero-order valence-electron chi connectivity index (χ0n) is 22.4. The van der Waals surface area contributed by atoms with Gasteiger partial charge >= 0.3 is 0 Å². The maximum Gasteiger partial charge on any atom is 0.125 e. The van der Waals surface area contributed by atoms with E-state index in [1.807, 2.05) is 11.3 Å². The molecular weight excluding hydrogens is 452 g/mol. The van der Waals surface area contributed by atoms with Crippen LogP contribution in [0.2, 0.25) is 0 Å². The maximum atomic E-state index is 6.20. The van der Waals surface area contributed by atoms with Crippen molar-refractivity contribution < 1.29 is 9.47 Å². The van der Waals surface area contributed by atoms with E-state index >= 15 is 0 Å². The molecule has 0 saturated heterocycles. The van der Waals surface area contributed by atoms with E-state index in [0.717, 1.165) is 67.6 Å². The number of hydrogen-bond donors (Lipinski definition) is 1. The largest absolute Gasteiger partial charge is 0.493 e. The van der Waals surface area contributed by atoms with E-state index in [1.165, 1.54) is 27.1 Å². The summed E-state index contributed by atoms with van der Waals surface area (Å²) in [6.45, 7) is 16.4. The lowest BCUT2D eigenvalue weighted by molar-refractivity contribution is 0.310. The van der Waals surface area contributed by atoms with E-state index < -0.39 is 0 Å². The van der Waals surface area contributed by atoms with Crippen molar-refractivity contribution in [2.45, 2.75) is 79.7 Å². The van der Waals surface area contributed by atoms with Crippen LogP contribution in [-0.4, -0.2) is 24.7 Å². The van der Waals surface area contributed by atoms with Gasteiger partial charge in [0.15, 0.2) is 0 Å². The molecule has 190 valence electrons. The highest BCUT2D eigenvalue weighted by Crippen LogP contribution is 2.38. The molecule has 1 aromatic heterocycles. The smallest absolute Gasteiger partial charge is 0.125 e. The summed E-state index contributed by atoms with van der Waals surface area (Å²) in [5, 5.41) is 4.45. The van der Waals surface area contributed by atoms with Crippen molar-refractivity contribution in [2.75, 3.05) is 19.8 Å². The molecule has 0 saturated carbocycles. The quantitative estimate of drug-likeness (QED) is 0.251. The van der Waals surface area contributed by atoms with Gasteiger partial charge in [-0.05, 0) is 72.7 Å². The molecule has 35 heavy (non-hydrogen) atoms. The Kier molecular flexibility index (Phi) is 10.6. The summed E-state index contributed by atoms with van der Waals surface area (Å²) >= 11 is 1.82. The van der Waals surface area contributed by atoms with Crippen LogP contribution in [0.3, 0.4) is 0 Å². The van der Waals surface area contributed by atoms with E-state index in [0.29, 0.717) is 12.5 Å². The van der Waals surface area contributed by atoms with Crippen LogP contribution in [0.1, 0.15) is 81.1 Å². The first kappa shape index (κ1) is 27.2. The first-order chi connectivity index (χ1) is 17.0. The van der Waals surface area contributed by atoms with Crippen LogP contribution in [0, 0.1) is 0 Å². The van der Waals surface area contributed by atoms with Crippen LogP contribution in [0.25, 0.3) is 10.6 Å². The van der Waals surface area contributed by atoms with Crippen LogP contribution in [-0.2, 0) is 25.8 Å². The number of aromatic nitrogens is 1. The van der Waals surface area contributed by atoms with Crippen molar-refractivity contribution in [3.05, 3.63) is 63.7 Å². The minimum atomic E-state index is 0.398. The van der Waals surface area contributed by atoms with Crippen LogP contribution in [0.15, 0.2) is 36.4 Å². The summed E-state index contributed by atoms with van der Waals surface area (Å²) in [5.74, 6) is 2.38. The predicted octanol–water partition coefficient (Wildman–Crippen LogP) is 7.58. The summed E-state index contributed by atoms with van der Waals surface area (Å²) in [4.78, 5) is 6.43. The van der Waals surface area contributed by atoms with Crippen LogP contribution in [0.5, 0.6) is 11.5 Å². The standard InChI is InChI=1S/C30H42N2O2S/c1-7-16-34-29-23(8-2)18-24(19-26(29)21(5)6)30-32-27(28(9-3)35-30)15-17-33-25-13-11-22(12-14-25)20-31-10-4/h11-14,18-19,21,31H,7-10,15-17,20H2,1-6H3. The van der Waals surface area contributed by atoms with Gasteiger partial charge in [0.05, 0.1) is 18.9 Å². The first-order valence-electron chi connectivity index (χ1n) is 13.2. The molecule has 1 heterocycles. The topological polar surface area (TPSA) is 43.4 Å². The van der Waals surface area contributed by atoms with Crippen LogP contribution >= 0.6 is 11.3 Å². The Labute approximate surface area is 216 Å². The normalized spacial score (nSPS) is 11.3. The molecular formula is C30H42N2O2S. The van der Waals surface area contributed by atoms with Gasteiger partial charge in [0.1, 0.15) is 16.5 Å². The molecule has 0 aliphatic heterocycles. The van der Waals surface area contributed by atoms with Crippen molar-refractivity contribution in [2.24, 2.45) is 0 Å². The molecule has 0 radical (unpaired) electrons. The number of benzene rings is 2.